The monoisotopic (exact) mass is 317 g/mol. The van der Waals surface area contributed by atoms with Gasteiger partial charge in [0.1, 0.15) is 6.10 Å². The van der Waals surface area contributed by atoms with Crippen LogP contribution >= 0.6 is 0 Å². The van der Waals surface area contributed by atoms with Gasteiger partial charge < -0.3 is 14.5 Å². The van der Waals surface area contributed by atoms with E-state index in [4.69, 9.17) is 4.74 Å². The van der Waals surface area contributed by atoms with Gasteiger partial charge in [-0.05, 0) is 30.5 Å². The van der Waals surface area contributed by atoms with Crippen molar-refractivity contribution in [2.45, 2.75) is 25.9 Å². The van der Waals surface area contributed by atoms with Crippen LogP contribution in [0.1, 0.15) is 18.9 Å². The van der Waals surface area contributed by atoms with Crippen LogP contribution in [0.5, 0.6) is 0 Å². The average Bonchev–Trinajstić information content (AvgIpc) is 2.91. The number of benzene rings is 1. The molecule has 1 aromatic carbocycles. The van der Waals surface area contributed by atoms with Crippen LogP contribution in [0.4, 0.5) is 10.5 Å². The molecule has 5 nitrogen and oxygen atoms in total. The summed E-state index contributed by atoms with van der Waals surface area (Å²) in [6.45, 7) is 8.22. The van der Waals surface area contributed by atoms with E-state index < -0.39 is 0 Å². The maximum absolute atomic E-state index is 11.4. The molecule has 0 bridgehead atoms. The van der Waals surface area contributed by atoms with Gasteiger partial charge in [-0.15, -0.1) is 0 Å². The van der Waals surface area contributed by atoms with E-state index in [1.807, 2.05) is 0 Å². The normalized spacial score (nSPS) is 22.5. The zero-order valence-corrected chi connectivity index (χ0v) is 14.2. The van der Waals surface area contributed by atoms with Gasteiger partial charge in [0.2, 0.25) is 0 Å². The molecule has 1 atom stereocenters. The number of ether oxygens (including phenoxy) is 1. The van der Waals surface area contributed by atoms with Crippen LogP contribution in [0.25, 0.3) is 0 Å². The predicted molar refractivity (Wildman–Crippen MR) is 92.0 cm³/mol. The first-order valence-electron chi connectivity index (χ1n) is 8.63. The molecule has 1 unspecified atom stereocenters. The highest BCUT2D eigenvalue weighted by atomic mass is 16.6. The molecule has 2 heterocycles. The highest BCUT2D eigenvalue weighted by Gasteiger charge is 2.28. The van der Waals surface area contributed by atoms with Crippen LogP contribution in [-0.2, 0) is 11.2 Å². The van der Waals surface area contributed by atoms with E-state index in [9.17, 15) is 4.79 Å². The van der Waals surface area contributed by atoms with E-state index in [2.05, 4.69) is 41.0 Å². The molecule has 1 amide bonds. The van der Waals surface area contributed by atoms with E-state index >= 15 is 0 Å². The first-order valence-corrected chi connectivity index (χ1v) is 8.63. The van der Waals surface area contributed by atoms with Crippen LogP contribution < -0.4 is 4.90 Å². The number of cyclic esters (lactones) is 1. The van der Waals surface area contributed by atoms with Gasteiger partial charge >= 0.3 is 6.09 Å². The number of carbonyl (C=O) groups excluding carboxylic acids is 1. The van der Waals surface area contributed by atoms with Gasteiger partial charge in [-0.2, -0.15) is 0 Å². The molecule has 126 valence electrons. The Labute approximate surface area is 138 Å². The van der Waals surface area contributed by atoms with Gasteiger partial charge in [0.25, 0.3) is 0 Å². The molecule has 2 fully saturated rings. The maximum atomic E-state index is 11.4. The Morgan fingerprint density at radius 3 is 2.65 bits per heavy atom. The molecule has 0 aromatic heterocycles. The lowest BCUT2D eigenvalue weighted by Gasteiger charge is -2.36. The molecule has 0 spiro atoms. The summed E-state index contributed by atoms with van der Waals surface area (Å²) in [5.74, 6) is 0. The average molecular weight is 317 g/mol. The van der Waals surface area contributed by atoms with Crippen LogP contribution in [0.15, 0.2) is 24.3 Å². The summed E-state index contributed by atoms with van der Waals surface area (Å²) in [4.78, 5) is 18.0. The summed E-state index contributed by atoms with van der Waals surface area (Å²) in [7, 11) is 1.80. The van der Waals surface area contributed by atoms with Crippen molar-refractivity contribution >= 4 is 11.8 Å². The number of rotatable bonds is 5. The molecule has 2 aliphatic rings. The molecule has 0 saturated carbocycles. The van der Waals surface area contributed by atoms with Crippen LogP contribution in [0, 0.1) is 0 Å². The number of aryl methyl sites for hydroxylation is 1. The van der Waals surface area contributed by atoms with Crippen molar-refractivity contribution in [1.29, 1.82) is 0 Å². The smallest absolute Gasteiger partial charge is 0.409 e. The van der Waals surface area contributed by atoms with Gasteiger partial charge in [0.05, 0.1) is 6.54 Å². The molecule has 0 aliphatic carbocycles. The summed E-state index contributed by atoms with van der Waals surface area (Å²) in [5, 5.41) is 0. The lowest BCUT2D eigenvalue weighted by atomic mass is 10.1. The van der Waals surface area contributed by atoms with E-state index in [1.165, 1.54) is 11.3 Å². The standard InChI is InChI=1S/C18H27N3O2/c1-3-15-5-4-6-16(13-15)21-11-9-20(10-12-21)8-7-17-14-19(2)18(22)23-17/h4-6,13,17H,3,7-12,14H2,1-2H3. The summed E-state index contributed by atoms with van der Waals surface area (Å²) in [6.07, 6.45) is 1.89. The quantitative estimate of drug-likeness (QED) is 0.834. The Balaban J connectivity index is 1.44. The third-order valence-electron chi connectivity index (χ3n) is 4.88. The van der Waals surface area contributed by atoms with Crippen molar-refractivity contribution in [2.75, 3.05) is 51.2 Å². The van der Waals surface area contributed by atoms with E-state index in [0.717, 1.165) is 52.1 Å². The zero-order chi connectivity index (χ0) is 16.2. The number of amides is 1. The summed E-state index contributed by atoms with van der Waals surface area (Å²) >= 11 is 0. The largest absolute Gasteiger partial charge is 0.444 e. The van der Waals surface area contributed by atoms with Crippen molar-refractivity contribution in [3.63, 3.8) is 0 Å². The number of likely N-dealkylation sites (N-methyl/N-ethyl adjacent to an activating group) is 1. The second-order valence-corrected chi connectivity index (χ2v) is 6.53. The molecule has 0 N–H and O–H groups in total. The molecule has 2 saturated heterocycles. The first-order chi connectivity index (χ1) is 11.2. The predicted octanol–water partition coefficient (Wildman–Crippen LogP) is 2.21. The van der Waals surface area contributed by atoms with Gasteiger partial charge in [-0.1, -0.05) is 19.1 Å². The summed E-state index contributed by atoms with van der Waals surface area (Å²) in [5.41, 5.74) is 2.74. The van der Waals surface area contributed by atoms with E-state index in [-0.39, 0.29) is 12.2 Å². The molecule has 2 aliphatic heterocycles. The number of anilines is 1. The van der Waals surface area contributed by atoms with Gasteiger partial charge in [0, 0.05) is 45.5 Å². The second-order valence-electron chi connectivity index (χ2n) is 6.53. The Hall–Kier alpha value is -1.75. The topological polar surface area (TPSA) is 36.0 Å². The number of piperazine rings is 1. The van der Waals surface area contributed by atoms with Crippen LogP contribution in [-0.4, -0.2) is 68.3 Å². The Kier molecular flexibility index (Phi) is 5.06. The molecule has 0 radical (unpaired) electrons. The minimum absolute atomic E-state index is 0.0618. The third kappa shape index (κ3) is 3.96. The number of hydrogen-bond acceptors (Lipinski definition) is 4. The van der Waals surface area contributed by atoms with Crippen LogP contribution in [0.3, 0.4) is 0 Å². The van der Waals surface area contributed by atoms with E-state index in [1.54, 1.807) is 11.9 Å². The fourth-order valence-electron chi connectivity index (χ4n) is 3.33. The highest BCUT2D eigenvalue weighted by molar-refractivity contribution is 5.69. The van der Waals surface area contributed by atoms with E-state index in [0.29, 0.717) is 0 Å². The Morgan fingerprint density at radius 2 is 2.00 bits per heavy atom. The number of nitrogens with zero attached hydrogens (tertiary/aromatic N) is 3. The number of hydrogen-bond donors (Lipinski definition) is 0. The second kappa shape index (κ2) is 7.21. The van der Waals surface area contributed by atoms with Crippen LogP contribution in [0.2, 0.25) is 0 Å². The lowest BCUT2D eigenvalue weighted by Crippen LogP contribution is -2.47. The van der Waals surface area contributed by atoms with Gasteiger partial charge in [-0.25, -0.2) is 4.79 Å². The fraction of sp³-hybridized carbons (Fsp3) is 0.611. The van der Waals surface area contributed by atoms with Crippen molar-refractivity contribution in [1.82, 2.24) is 9.80 Å². The zero-order valence-electron chi connectivity index (χ0n) is 14.2. The summed E-state index contributed by atoms with van der Waals surface area (Å²) < 4.78 is 5.33. The van der Waals surface area contributed by atoms with Crippen molar-refractivity contribution in [3.8, 4) is 0 Å². The molecular formula is C18H27N3O2. The molecule has 23 heavy (non-hydrogen) atoms. The maximum Gasteiger partial charge on any atom is 0.409 e. The van der Waals surface area contributed by atoms with Gasteiger partial charge in [-0.3, -0.25) is 4.90 Å². The third-order valence-corrected chi connectivity index (χ3v) is 4.88. The Bertz CT molecular complexity index is 541. The molecular weight excluding hydrogens is 290 g/mol. The first kappa shape index (κ1) is 16.1. The van der Waals surface area contributed by atoms with Crippen molar-refractivity contribution < 1.29 is 9.53 Å². The van der Waals surface area contributed by atoms with Crippen molar-refractivity contribution in [2.24, 2.45) is 0 Å². The minimum Gasteiger partial charge on any atom is -0.444 e. The Morgan fingerprint density at radius 1 is 1.22 bits per heavy atom. The minimum atomic E-state index is -0.185. The summed E-state index contributed by atoms with van der Waals surface area (Å²) in [6, 6.07) is 8.87. The highest BCUT2D eigenvalue weighted by Crippen LogP contribution is 2.19. The molecule has 1 aromatic rings. The molecule has 3 rings (SSSR count). The lowest BCUT2D eigenvalue weighted by molar-refractivity contribution is 0.121. The van der Waals surface area contributed by atoms with Gasteiger partial charge in [0.15, 0.2) is 0 Å². The SMILES string of the molecule is CCc1cccc(N2CCN(CCC3CN(C)C(=O)O3)CC2)c1. The molecule has 5 heteroatoms. The number of carbonyl (C=O) groups is 1. The fourth-order valence-corrected chi connectivity index (χ4v) is 3.33. The van der Waals surface area contributed by atoms with Crippen molar-refractivity contribution in [3.05, 3.63) is 29.8 Å².